The van der Waals surface area contributed by atoms with E-state index in [0.29, 0.717) is 5.57 Å². The maximum atomic E-state index is 12.7. The summed E-state index contributed by atoms with van der Waals surface area (Å²) in [7, 11) is 1.59. The molecule has 0 radical (unpaired) electrons. The third-order valence-corrected chi connectivity index (χ3v) is 4.04. The van der Waals surface area contributed by atoms with Crippen molar-refractivity contribution in [3.63, 3.8) is 0 Å². The van der Waals surface area contributed by atoms with Crippen LogP contribution in [0.1, 0.15) is 18.5 Å². The highest BCUT2D eigenvalue weighted by Crippen LogP contribution is 2.43. The zero-order valence-electron chi connectivity index (χ0n) is 14.1. The molecule has 1 unspecified atom stereocenters. The van der Waals surface area contributed by atoms with Crippen molar-refractivity contribution in [2.45, 2.75) is 13.0 Å². The van der Waals surface area contributed by atoms with Crippen LogP contribution < -0.4 is 9.64 Å². The van der Waals surface area contributed by atoms with E-state index in [2.05, 4.69) is 0 Å². The second-order valence-corrected chi connectivity index (χ2v) is 5.54. The van der Waals surface area contributed by atoms with Gasteiger partial charge in [0.05, 0.1) is 25.3 Å². The highest BCUT2D eigenvalue weighted by molar-refractivity contribution is 6.17. The number of β-lactam (4-membered cyclic amide) rings is 1. The lowest BCUT2D eigenvalue weighted by atomic mass is 9.87. The van der Waals surface area contributed by atoms with Crippen LogP contribution >= 0.6 is 0 Å². The number of benzene rings is 2. The van der Waals surface area contributed by atoms with Crippen LogP contribution in [0.4, 0.5) is 5.69 Å². The molecular formula is C20H19NO4. The molecule has 1 fully saturated rings. The molecule has 0 spiro atoms. The van der Waals surface area contributed by atoms with Crippen molar-refractivity contribution in [1.82, 2.24) is 0 Å². The van der Waals surface area contributed by atoms with E-state index in [9.17, 15) is 9.59 Å². The number of anilines is 1. The molecule has 0 aliphatic carbocycles. The first-order valence-corrected chi connectivity index (χ1v) is 8.06. The second-order valence-electron chi connectivity index (χ2n) is 5.54. The van der Waals surface area contributed by atoms with Gasteiger partial charge in [-0.3, -0.25) is 9.69 Å². The van der Waals surface area contributed by atoms with Gasteiger partial charge in [-0.2, -0.15) is 0 Å². The molecule has 1 amide bonds. The second kappa shape index (κ2) is 7.21. The number of carbonyl (C=O) groups is 2. The van der Waals surface area contributed by atoms with Gasteiger partial charge >= 0.3 is 5.97 Å². The smallest absolute Gasteiger partial charge is 0.331 e. The van der Waals surface area contributed by atoms with Crippen molar-refractivity contribution in [1.29, 1.82) is 0 Å². The van der Waals surface area contributed by atoms with Gasteiger partial charge < -0.3 is 9.47 Å². The average Bonchev–Trinajstić information content (AvgIpc) is 2.65. The molecule has 1 saturated heterocycles. The van der Waals surface area contributed by atoms with E-state index < -0.39 is 5.97 Å². The quantitative estimate of drug-likeness (QED) is 0.477. The fourth-order valence-electron chi connectivity index (χ4n) is 2.87. The molecule has 25 heavy (non-hydrogen) atoms. The summed E-state index contributed by atoms with van der Waals surface area (Å²) in [5.41, 5.74) is 2.12. The standard InChI is InChI=1S/C20H19NO4/c1-3-25-18(22)13-17-19(14-7-5-4-6-8-14)21(20(17)23)15-9-11-16(24-2)12-10-15/h4-13,19H,3H2,1-2H3/b17-13-. The molecule has 0 bridgehead atoms. The predicted molar refractivity (Wildman–Crippen MR) is 94.4 cm³/mol. The molecule has 5 nitrogen and oxygen atoms in total. The first-order valence-electron chi connectivity index (χ1n) is 8.06. The number of carbonyl (C=O) groups excluding carboxylic acids is 2. The number of esters is 1. The van der Waals surface area contributed by atoms with E-state index in [0.717, 1.165) is 17.0 Å². The third-order valence-electron chi connectivity index (χ3n) is 4.04. The molecule has 1 aliphatic rings. The lowest BCUT2D eigenvalue weighted by molar-refractivity contribution is -0.137. The lowest BCUT2D eigenvalue weighted by Crippen LogP contribution is -2.49. The summed E-state index contributed by atoms with van der Waals surface area (Å²) in [4.78, 5) is 26.1. The highest BCUT2D eigenvalue weighted by atomic mass is 16.5. The fraction of sp³-hybridized carbons (Fsp3) is 0.200. The van der Waals surface area contributed by atoms with Gasteiger partial charge in [-0.25, -0.2) is 4.79 Å². The Bertz CT molecular complexity index is 796. The monoisotopic (exact) mass is 337 g/mol. The van der Waals surface area contributed by atoms with Crippen molar-refractivity contribution < 1.29 is 19.1 Å². The molecule has 2 aromatic carbocycles. The van der Waals surface area contributed by atoms with Crippen molar-refractivity contribution in [3.05, 3.63) is 71.8 Å². The first kappa shape index (κ1) is 16.8. The number of amides is 1. The van der Waals surface area contributed by atoms with Crippen LogP contribution in [0, 0.1) is 0 Å². The minimum Gasteiger partial charge on any atom is -0.497 e. The Morgan fingerprint density at radius 2 is 1.80 bits per heavy atom. The Hall–Kier alpha value is -3.08. The van der Waals surface area contributed by atoms with Crippen molar-refractivity contribution in [3.8, 4) is 5.75 Å². The minimum atomic E-state index is -0.499. The van der Waals surface area contributed by atoms with Crippen LogP contribution in [0.2, 0.25) is 0 Å². The van der Waals surface area contributed by atoms with E-state index in [1.165, 1.54) is 6.08 Å². The van der Waals surface area contributed by atoms with Crippen LogP contribution in [0.3, 0.4) is 0 Å². The van der Waals surface area contributed by atoms with E-state index in [4.69, 9.17) is 9.47 Å². The zero-order chi connectivity index (χ0) is 17.8. The van der Waals surface area contributed by atoms with E-state index in [1.807, 2.05) is 42.5 Å². The number of rotatable bonds is 5. The maximum Gasteiger partial charge on any atom is 0.331 e. The van der Waals surface area contributed by atoms with Gasteiger partial charge in [-0.1, -0.05) is 30.3 Å². The summed E-state index contributed by atoms with van der Waals surface area (Å²) in [6, 6.07) is 16.6. The first-order chi connectivity index (χ1) is 12.2. The Balaban J connectivity index is 1.97. The Labute approximate surface area is 146 Å². The maximum absolute atomic E-state index is 12.7. The highest BCUT2D eigenvalue weighted by Gasteiger charge is 2.44. The van der Waals surface area contributed by atoms with Crippen molar-refractivity contribution >= 4 is 17.6 Å². The molecule has 128 valence electrons. The summed E-state index contributed by atoms with van der Waals surface area (Å²) in [5, 5.41) is 0. The lowest BCUT2D eigenvalue weighted by Gasteiger charge is -2.43. The largest absolute Gasteiger partial charge is 0.497 e. The SMILES string of the molecule is CCOC(=O)/C=C1\C(=O)N(c2ccc(OC)cc2)C1c1ccccc1. The predicted octanol–water partition coefficient (Wildman–Crippen LogP) is 3.27. The zero-order valence-corrected chi connectivity index (χ0v) is 14.1. The van der Waals surface area contributed by atoms with Gasteiger partial charge in [0, 0.05) is 11.8 Å². The molecular weight excluding hydrogens is 318 g/mol. The van der Waals surface area contributed by atoms with Crippen molar-refractivity contribution in [2.24, 2.45) is 0 Å². The number of nitrogens with zero attached hydrogens (tertiary/aromatic N) is 1. The van der Waals surface area contributed by atoms with E-state index in [-0.39, 0.29) is 18.6 Å². The topological polar surface area (TPSA) is 55.8 Å². The number of hydrogen-bond donors (Lipinski definition) is 0. The molecule has 1 atom stereocenters. The molecule has 0 aromatic heterocycles. The third kappa shape index (κ3) is 3.26. The van der Waals surface area contributed by atoms with Crippen LogP contribution in [0.25, 0.3) is 0 Å². The van der Waals surface area contributed by atoms with Crippen LogP contribution in [0.5, 0.6) is 5.75 Å². The molecule has 5 heteroatoms. The average molecular weight is 337 g/mol. The van der Waals surface area contributed by atoms with Gasteiger partial charge in [-0.05, 0) is 36.8 Å². The normalized spacial score (nSPS) is 18.0. The van der Waals surface area contributed by atoms with Crippen LogP contribution in [0.15, 0.2) is 66.2 Å². The number of hydrogen-bond acceptors (Lipinski definition) is 4. The van der Waals surface area contributed by atoms with Gasteiger partial charge in [0.25, 0.3) is 5.91 Å². The Morgan fingerprint density at radius 1 is 1.12 bits per heavy atom. The van der Waals surface area contributed by atoms with Crippen LogP contribution in [-0.4, -0.2) is 25.6 Å². The van der Waals surface area contributed by atoms with Gasteiger partial charge in [-0.15, -0.1) is 0 Å². The summed E-state index contributed by atoms with van der Waals surface area (Å²) in [6.07, 6.45) is 1.30. The van der Waals surface area contributed by atoms with Gasteiger partial charge in [0.2, 0.25) is 0 Å². The summed E-state index contributed by atoms with van der Waals surface area (Å²) >= 11 is 0. The summed E-state index contributed by atoms with van der Waals surface area (Å²) in [6.45, 7) is 2.01. The minimum absolute atomic E-state index is 0.202. The summed E-state index contributed by atoms with van der Waals surface area (Å²) in [5.74, 6) is 0.0171. The van der Waals surface area contributed by atoms with Gasteiger partial charge in [0.1, 0.15) is 5.75 Å². The molecule has 3 rings (SSSR count). The Kier molecular flexibility index (Phi) is 4.84. The van der Waals surface area contributed by atoms with Crippen molar-refractivity contribution in [2.75, 3.05) is 18.6 Å². The number of ether oxygens (including phenoxy) is 2. The van der Waals surface area contributed by atoms with Crippen LogP contribution in [-0.2, 0) is 14.3 Å². The fourth-order valence-corrected chi connectivity index (χ4v) is 2.87. The molecule has 0 N–H and O–H groups in total. The molecule has 0 saturated carbocycles. The van der Waals surface area contributed by atoms with E-state index >= 15 is 0 Å². The molecule has 1 heterocycles. The number of methoxy groups -OCH3 is 1. The van der Waals surface area contributed by atoms with E-state index in [1.54, 1.807) is 31.1 Å². The van der Waals surface area contributed by atoms with Gasteiger partial charge in [0.15, 0.2) is 0 Å². The molecule has 1 aliphatic heterocycles. The summed E-state index contributed by atoms with van der Waals surface area (Å²) < 4.78 is 10.1. The molecule has 2 aromatic rings. The Morgan fingerprint density at radius 3 is 2.40 bits per heavy atom.